The molecule has 4 aromatic rings. The van der Waals surface area contributed by atoms with E-state index < -0.39 is 6.04 Å². The molecule has 1 unspecified atom stereocenters. The lowest BCUT2D eigenvalue weighted by Crippen LogP contribution is -2.41. The lowest BCUT2D eigenvalue weighted by Gasteiger charge is -2.24. The third-order valence-corrected chi connectivity index (χ3v) is 5.74. The fourth-order valence-corrected chi connectivity index (χ4v) is 4.06. The minimum absolute atomic E-state index is 0.283. The molecule has 1 heterocycles. The Morgan fingerprint density at radius 3 is 2.00 bits per heavy atom. The summed E-state index contributed by atoms with van der Waals surface area (Å²) in [6.45, 7) is 0. The Morgan fingerprint density at radius 2 is 1.41 bits per heavy atom. The maximum Gasteiger partial charge on any atom is 0.242 e. The molecule has 0 aliphatic heterocycles. The average Bonchev–Trinajstić information content (AvgIpc) is 2.90. The van der Waals surface area contributed by atoms with Gasteiger partial charge >= 0.3 is 0 Å². The Bertz CT molecular complexity index is 1210. The van der Waals surface area contributed by atoms with Gasteiger partial charge in [0.15, 0.2) is 0 Å². The van der Waals surface area contributed by atoms with Gasteiger partial charge in [0.05, 0.1) is 26.5 Å². The number of aromatic nitrogens is 1. The van der Waals surface area contributed by atoms with Gasteiger partial charge in [-0.05, 0) is 29.3 Å². The molecule has 0 aliphatic carbocycles. The van der Waals surface area contributed by atoms with Crippen LogP contribution in [-0.2, 0) is 4.79 Å². The highest BCUT2D eigenvalue weighted by molar-refractivity contribution is 5.96. The summed E-state index contributed by atoms with van der Waals surface area (Å²) < 4.78 is 11.0. The second-order valence-electron chi connectivity index (χ2n) is 7.81. The van der Waals surface area contributed by atoms with Gasteiger partial charge in [-0.2, -0.15) is 0 Å². The van der Waals surface area contributed by atoms with E-state index in [0.717, 1.165) is 22.3 Å². The van der Waals surface area contributed by atoms with Crippen LogP contribution in [0.4, 0.5) is 5.69 Å². The van der Waals surface area contributed by atoms with E-state index in [9.17, 15) is 4.79 Å². The van der Waals surface area contributed by atoms with Crippen LogP contribution in [-0.4, -0.2) is 31.2 Å². The summed E-state index contributed by atoms with van der Waals surface area (Å²) in [5.74, 6) is 0.658. The van der Waals surface area contributed by atoms with E-state index in [-0.39, 0.29) is 11.8 Å². The van der Waals surface area contributed by atoms with Gasteiger partial charge in [-0.15, -0.1) is 0 Å². The smallest absolute Gasteiger partial charge is 0.242 e. The number of nitrogens with zero attached hydrogens (tertiary/aromatic N) is 1. The summed E-state index contributed by atoms with van der Waals surface area (Å²) in [5.41, 5.74) is 10.8. The van der Waals surface area contributed by atoms with Crippen LogP contribution >= 0.6 is 0 Å². The van der Waals surface area contributed by atoms with E-state index in [1.54, 1.807) is 32.7 Å². The molecule has 0 radical (unpaired) electrons. The number of nitrogens with two attached hydrogens (primary N) is 1. The van der Waals surface area contributed by atoms with Crippen molar-refractivity contribution in [3.8, 4) is 22.6 Å². The van der Waals surface area contributed by atoms with Crippen molar-refractivity contribution in [2.24, 2.45) is 5.73 Å². The SMILES string of the molecule is COc1cnccc1-c1ccc(NC(=O)C(N)C(c2ccccc2)c2ccccc2)cc1OC. The first-order chi connectivity index (χ1) is 16.6. The standard InChI is InChI=1S/C28H27N3O3/c1-33-24-17-21(13-14-22(24)23-15-16-30-18-25(23)34-2)31-28(32)27(29)26(19-9-5-3-6-10-19)20-11-7-4-8-12-20/h3-18,26-27H,29H2,1-2H3,(H,31,32). The number of amides is 1. The molecule has 1 aromatic heterocycles. The molecule has 1 atom stereocenters. The second-order valence-corrected chi connectivity index (χ2v) is 7.81. The predicted octanol–water partition coefficient (Wildman–Crippen LogP) is 4.86. The number of ether oxygens (including phenoxy) is 2. The quantitative estimate of drug-likeness (QED) is 0.398. The minimum atomic E-state index is -0.796. The van der Waals surface area contributed by atoms with E-state index in [1.165, 1.54) is 0 Å². The van der Waals surface area contributed by atoms with Crippen molar-refractivity contribution in [3.05, 3.63) is 108 Å². The number of nitrogens with one attached hydrogen (secondary N) is 1. The summed E-state index contributed by atoms with van der Waals surface area (Å²) in [6.07, 6.45) is 3.34. The maximum atomic E-state index is 13.3. The number of benzene rings is 3. The molecule has 0 fully saturated rings. The maximum absolute atomic E-state index is 13.3. The van der Waals surface area contributed by atoms with Gasteiger partial charge in [0.25, 0.3) is 0 Å². The van der Waals surface area contributed by atoms with Crippen LogP contribution in [0.1, 0.15) is 17.0 Å². The molecule has 6 heteroatoms. The molecule has 0 spiro atoms. The van der Waals surface area contributed by atoms with E-state index in [0.29, 0.717) is 17.2 Å². The Labute approximate surface area is 199 Å². The zero-order valence-electron chi connectivity index (χ0n) is 19.1. The first-order valence-corrected chi connectivity index (χ1v) is 10.9. The van der Waals surface area contributed by atoms with E-state index >= 15 is 0 Å². The fourth-order valence-electron chi connectivity index (χ4n) is 4.06. The van der Waals surface area contributed by atoms with Gasteiger partial charge in [-0.3, -0.25) is 9.78 Å². The van der Waals surface area contributed by atoms with Crippen LogP contribution < -0.4 is 20.5 Å². The topological polar surface area (TPSA) is 86.5 Å². The van der Waals surface area contributed by atoms with Gasteiger partial charge in [0.1, 0.15) is 11.5 Å². The molecule has 3 N–H and O–H groups in total. The van der Waals surface area contributed by atoms with Crippen LogP contribution in [0.3, 0.4) is 0 Å². The van der Waals surface area contributed by atoms with Gasteiger partial charge < -0.3 is 20.5 Å². The molecule has 4 rings (SSSR count). The second kappa shape index (κ2) is 10.6. The molecule has 34 heavy (non-hydrogen) atoms. The molecular formula is C28H27N3O3. The van der Waals surface area contributed by atoms with Crippen molar-refractivity contribution >= 4 is 11.6 Å². The Kier molecular flexibility index (Phi) is 7.20. The van der Waals surface area contributed by atoms with Crippen LogP contribution in [0.5, 0.6) is 11.5 Å². The highest BCUT2D eigenvalue weighted by atomic mass is 16.5. The molecule has 1 amide bonds. The normalized spacial score (nSPS) is 11.6. The number of hydrogen-bond donors (Lipinski definition) is 2. The number of carbonyl (C=O) groups is 1. The molecule has 172 valence electrons. The highest BCUT2D eigenvalue weighted by Gasteiger charge is 2.28. The van der Waals surface area contributed by atoms with Crippen molar-refractivity contribution in [1.29, 1.82) is 0 Å². The predicted molar refractivity (Wildman–Crippen MR) is 134 cm³/mol. The molecule has 0 saturated heterocycles. The summed E-state index contributed by atoms with van der Waals surface area (Å²) in [7, 11) is 3.18. The zero-order valence-corrected chi connectivity index (χ0v) is 19.1. The van der Waals surface area contributed by atoms with E-state index in [2.05, 4.69) is 10.3 Å². The number of hydrogen-bond acceptors (Lipinski definition) is 5. The highest BCUT2D eigenvalue weighted by Crippen LogP contribution is 2.37. The molecule has 0 aliphatic rings. The lowest BCUT2D eigenvalue weighted by molar-refractivity contribution is -0.117. The third-order valence-electron chi connectivity index (χ3n) is 5.74. The van der Waals surface area contributed by atoms with Crippen molar-refractivity contribution in [1.82, 2.24) is 4.98 Å². The Balaban J connectivity index is 1.61. The monoisotopic (exact) mass is 453 g/mol. The van der Waals surface area contributed by atoms with Crippen LogP contribution in [0, 0.1) is 0 Å². The number of carbonyl (C=O) groups excluding carboxylic acids is 1. The van der Waals surface area contributed by atoms with Gasteiger partial charge in [0, 0.05) is 35.0 Å². The molecule has 6 nitrogen and oxygen atoms in total. The van der Waals surface area contributed by atoms with Crippen molar-refractivity contribution in [3.63, 3.8) is 0 Å². The van der Waals surface area contributed by atoms with Gasteiger partial charge in [0.2, 0.25) is 5.91 Å². The van der Waals surface area contributed by atoms with Crippen LogP contribution in [0.15, 0.2) is 97.3 Å². The van der Waals surface area contributed by atoms with Gasteiger partial charge in [-0.1, -0.05) is 60.7 Å². The summed E-state index contributed by atoms with van der Waals surface area (Å²) in [6, 6.07) is 26.2. The van der Waals surface area contributed by atoms with Gasteiger partial charge in [-0.25, -0.2) is 0 Å². The average molecular weight is 454 g/mol. The molecule has 0 saturated carbocycles. The Hall–Kier alpha value is -4.16. The number of methoxy groups -OCH3 is 2. The van der Waals surface area contributed by atoms with E-state index in [1.807, 2.05) is 78.9 Å². The fraction of sp³-hybridized carbons (Fsp3) is 0.143. The van der Waals surface area contributed by atoms with Crippen molar-refractivity contribution in [2.45, 2.75) is 12.0 Å². The Morgan fingerprint density at radius 1 is 0.824 bits per heavy atom. The molecule has 0 bridgehead atoms. The molecule has 3 aromatic carbocycles. The lowest BCUT2D eigenvalue weighted by atomic mass is 9.85. The largest absolute Gasteiger partial charge is 0.496 e. The first kappa shape index (κ1) is 23.0. The van der Waals surface area contributed by atoms with Crippen molar-refractivity contribution < 1.29 is 14.3 Å². The summed E-state index contributed by atoms with van der Waals surface area (Å²) >= 11 is 0. The molecular weight excluding hydrogens is 426 g/mol. The van der Waals surface area contributed by atoms with Crippen LogP contribution in [0.25, 0.3) is 11.1 Å². The first-order valence-electron chi connectivity index (χ1n) is 10.9. The minimum Gasteiger partial charge on any atom is -0.496 e. The summed E-state index contributed by atoms with van der Waals surface area (Å²) in [4.78, 5) is 17.4. The number of anilines is 1. The van der Waals surface area contributed by atoms with Crippen molar-refractivity contribution in [2.75, 3.05) is 19.5 Å². The van der Waals surface area contributed by atoms with E-state index in [4.69, 9.17) is 15.2 Å². The zero-order chi connectivity index (χ0) is 23.9. The summed E-state index contributed by atoms with van der Waals surface area (Å²) in [5, 5.41) is 2.96. The van der Waals surface area contributed by atoms with Crippen LogP contribution in [0.2, 0.25) is 0 Å². The number of rotatable bonds is 8. The third kappa shape index (κ3) is 4.92. The number of pyridine rings is 1.